The molecule has 1 aromatic rings. The highest BCUT2D eigenvalue weighted by Gasteiger charge is 2.28. The topological polar surface area (TPSA) is 60.8 Å². The molecule has 2 saturated heterocycles. The van der Waals surface area contributed by atoms with Crippen molar-refractivity contribution in [3.63, 3.8) is 0 Å². The molecule has 0 aliphatic carbocycles. The normalized spacial score (nSPS) is 22.7. The summed E-state index contributed by atoms with van der Waals surface area (Å²) in [5, 5.41) is 6.30. The lowest BCUT2D eigenvalue weighted by molar-refractivity contribution is -0.123. The van der Waals surface area contributed by atoms with Gasteiger partial charge in [-0.05, 0) is 19.1 Å². The second kappa shape index (κ2) is 6.60. The molecule has 0 spiro atoms. The number of hydrogen-bond acceptors (Lipinski definition) is 5. The van der Waals surface area contributed by atoms with Crippen LogP contribution in [0.25, 0.3) is 0 Å². The summed E-state index contributed by atoms with van der Waals surface area (Å²) in [6, 6.07) is 4.36. The SMILES string of the molecule is CC(NC(=O)CN1CCN(C2CNC2)CC1)c1ccco1. The first-order valence-electron chi connectivity index (χ1n) is 7.72. The quantitative estimate of drug-likeness (QED) is 0.803. The Morgan fingerprint density at radius 1 is 1.43 bits per heavy atom. The molecule has 2 fully saturated rings. The Bertz CT molecular complexity index is 450. The van der Waals surface area contributed by atoms with Crippen molar-refractivity contribution in [2.45, 2.75) is 19.0 Å². The molecule has 6 nitrogen and oxygen atoms in total. The van der Waals surface area contributed by atoms with Gasteiger partial charge in [0.05, 0.1) is 18.8 Å². The van der Waals surface area contributed by atoms with Gasteiger partial charge < -0.3 is 15.1 Å². The smallest absolute Gasteiger partial charge is 0.234 e. The van der Waals surface area contributed by atoms with E-state index in [4.69, 9.17) is 4.42 Å². The maximum Gasteiger partial charge on any atom is 0.234 e. The minimum Gasteiger partial charge on any atom is -0.467 e. The Kier molecular flexibility index (Phi) is 4.57. The van der Waals surface area contributed by atoms with Crippen molar-refractivity contribution >= 4 is 5.91 Å². The number of piperazine rings is 1. The third kappa shape index (κ3) is 3.64. The van der Waals surface area contributed by atoms with E-state index in [-0.39, 0.29) is 11.9 Å². The van der Waals surface area contributed by atoms with Gasteiger partial charge >= 0.3 is 0 Å². The van der Waals surface area contributed by atoms with Gasteiger partial charge in [0.15, 0.2) is 0 Å². The van der Waals surface area contributed by atoms with Crippen LogP contribution in [0.1, 0.15) is 18.7 Å². The molecule has 2 aliphatic rings. The van der Waals surface area contributed by atoms with E-state index in [1.807, 2.05) is 19.1 Å². The van der Waals surface area contributed by atoms with Gasteiger partial charge in [0.2, 0.25) is 5.91 Å². The molecule has 0 radical (unpaired) electrons. The Morgan fingerprint density at radius 2 is 2.19 bits per heavy atom. The van der Waals surface area contributed by atoms with Crippen LogP contribution in [0.5, 0.6) is 0 Å². The largest absolute Gasteiger partial charge is 0.467 e. The highest BCUT2D eigenvalue weighted by Crippen LogP contribution is 2.12. The van der Waals surface area contributed by atoms with Gasteiger partial charge in [0, 0.05) is 45.3 Å². The predicted octanol–water partition coefficient (Wildman–Crippen LogP) is 0.0462. The Balaban J connectivity index is 1.39. The monoisotopic (exact) mass is 292 g/mol. The molecule has 1 amide bonds. The van der Waals surface area contributed by atoms with E-state index in [1.165, 1.54) is 0 Å². The summed E-state index contributed by atoms with van der Waals surface area (Å²) in [6.45, 7) is 8.71. The van der Waals surface area contributed by atoms with Crippen molar-refractivity contribution in [2.24, 2.45) is 0 Å². The highest BCUT2D eigenvalue weighted by molar-refractivity contribution is 5.78. The Morgan fingerprint density at radius 3 is 2.76 bits per heavy atom. The molecule has 2 N–H and O–H groups in total. The molecular formula is C15H24N4O2. The molecule has 3 rings (SSSR count). The number of amides is 1. The number of carbonyl (C=O) groups is 1. The van der Waals surface area contributed by atoms with E-state index in [2.05, 4.69) is 20.4 Å². The molecule has 0 saturated carbocycles. The maximum atomic E-state index is 12.1. The van der Waals surface area contributed by atoms with Crippen LogP contribution in [-0.4, -0.2) is 67.6 Å². The van der Waals surface area contributed by atoms with Crippen molar-refractivity contribution < 1.29 is 9.21 Å². The van der Waals surface area contributed by atoms with Crippen molar-refractivity contribution in [3.8, 4) is 0 Å². The summed E-state index contributed by atoms with van der Waals surface area (Å²) in [5.74, 6) is 0.864. The number of nitrogens with zero attached hydrogens (tertiary/aromatic N) is 2. The molecule has 0 aromatic carbocycles. The lowest BCUT2D eigenvalue weighted by atomic mass is 10.1. The van der Waals surface area contributed by atoms with Crippen LogP contribution in [0.15, 0.2) is 22.8 Å². The fraction of sp³-hybridized carbons (Fsp3) is 0.667. The average Bonchev–Trinajstić information content (AvgIpc) is 2.93. The second-order valence-electron chi connectivity index (χ2n) is 5.93. The molecule has 116 valence electrons. The Hall–Kier alpha value is -1.37. The maximum absolute atomic E-state index is 12.1. The van der Waals surface area contributed by atoms with Crippen molar-refractivity contribution in [2.75, 3.05) is 45.8 Å². The number of carbonyl (C=O) groups excluding carboxylic acids is 1. The first-order chi connectivity index (χ1) is 10.2. The lowest BCUT2D eigenvalue weighted by Crippen LogP contribution is -2.62. The van der Waals surface area contributed by atoms with E-state index >= 15 is 0 Å². The summed E-state index contributed by atoms with van der Waals surface area (Å²) in [5.41, 5.74) is 0. The summed E-state index contributed by atoms with van der Waals surface area (Å²) < 4.78 is 5.30. The lowest BCUT2D eigenvalue weighted by Gasteiger charge is -2.43. The summed E-state index contributed by atoms with van der Waals surface area (Å²) in [7, 11) is 0. The van der Waals surface area contributed by atoms with Gasteiger partial charge in [0.25, 0.3) is 0 Å². The molecule has 3 heterocycles. The van der Waals surface area contributed by atoms with Crippen LogP contribution in [0.4, 0.5) is 0 Å². The van der Waals surface area contributed by atoms with Crippen LogP contribution < -0.4 is 10.6 Å². The first-order valence-corrected chi connectivity index (χ1v) is 7.72. The summed E-state index contributed by atoms with van der Waals surface area (Å²) in [4.78, 5) is 16.8. The van der Waals surface area contributed by atoms with E-state index in [0.29, 0.717) is 12.6 Å². The van der Waals surface area contributed by atoms with Gasteiger partial charge in [-0.3, -0.25) is 14.6 Å². The zero-order valence-corrected chi connectivity index (χ0v) is 12.5. The van der Waals surface area contributed by atoms with Crippen LogP contribution in [-0.2, 0) is 4.79 Å². The van der Waals surface area contributed by atoms with Gasteiger partial charge in [-0.2, -0.15) is 0 Å². The van der Waals surface area contributed by atoms with Crippen LogP contribution in [0.3, 0.4) is 0 Å². The molecule has 2 aliphatic heterocycles. The van der Waals surface area contributed by atoms with Gasteiger partial charge in [-0.15, -0.1) is 0 Å². The van der Waals surface area contributed by atoms with Gasteiger partial charge in [0.1, 0.15) is 5.76 Å². The Labute approximate surface area is 125 Å². The summed E-state index contributed by atoms with van der Waals surface area (Å²) >= 11 is 0. The van der Waals surface area contributed by atoms with Crippen molar-refractivity contribution in [1.82, 2.24) is 20.4 Å². The van der Waals surface area contributed by atoms with E-state index in [1.54, 1.807) is 6.26 Å². The van der Waals surface area contributed by atoms with E-state index in [0.717, 1.165) is 45.0 Å². The van der Waals surface area contributed by atoms with Gasteiger partial charge in [-0.25, -0.2) is 0 Å². The third-order valence-corrected chi connectivity index (χ3v) is 4.40. The minimum absolute atomic E-state index is 0.0673. The fourth-order valence-corrected chi connectivity index (χ4v) is 2.92. The molecule has 1 unspecified atom stereocenters. The average molecular weight is 292 g/mol. The van der Waals surface area contributed by atoms with Crippen LogP contribution >= 0.6 is 0 Å². The van der Waals surface area contributed by atoms with E-state index < -0.39 is 0 Å². The molecule has 21 heavy (non-hydrogen) atoms. The van der Waals surface area contributed by atoms with E-state index in [9.17, 15) is 4.79 Å². The highest BCUT2D eigenvalue weighted by atomic mass is 16.3. The van der Waals surface area contributed by atoms with Crippen LogP contribution in [0.2, 0.25) is 0 Å². The van der Waals surface area contributed by atoms with Crippen molar-refractivity contribution in [3.05, 3.63) is 24.2 Å². The second-order valence-corrected chi connectivity index (χ2v) is 5.93. The zero-order valence-electron chi connectivity index (χ0n) is 12.5. The number of nitrogens with one attached hydrogen (secondary N) is 2. The molecule has 1 atom stereocenters. The van der Waals surface area contributed by atoms with Crippen LogP contribution in [0, 0.1) is 0 Å². The molecule has 1 aromatic heterocycles. The number of hydrogen-bond donors (Lipinski definition) is 2. The third-order valence-electron chi connectivity index (χ3n) is 4.40. The van der Waals surface area contributed by atoms with Crippen molar-refractivity contribution in [1.29, 1.82) is 0 Å². The summed E-state index contributed by atoms with van der Waals surface area (Å²) in [6.07, 6.45) is 1.63. The number of furan rings is 1. The van der Waals surface area contributed by atoms with Gasteiger partial charge in [-0.1, -0.05) is 0 Å². The fourth-order valence-electron chi connectivity index (χ4n) is 2.92. The molecule has 0 bridgehead atoms. The standard InChI is InChI=1S/C15H24N4O2/c1-12(14-3-2-8-21-14)17-15(20)11-18-4-6-19(7-5-18)13-9-16-10-13/h2-3,8,12-13,16H,4-7,9-11H2,1H3,(H,17,20). The zero-order chi connectivity index (χ0) is 14.7. The number of rotatable bonds is 5. The predicted molar refractivity (Wildman–Crippen MR) is 79.9 cm³/mol. The minimum atomic E-state index is -0.0742. The molecular weight excluding hydrogens is 268 g/mol. The first kappa shape index (κ1) is 14.6. The molecule has 6 heteroatoms.